The Bertz CT molecular complexity index is 720. The third-order valence-electron chi connectivity index (χ3n) is 4.34. The van der Waals surface area contributed by atoms with E-state index in [1.54, 1.807) is 0 Å². The number of benzene rings is 2. The Labute approximate surface area is 153 Å². The van der Waals surface area contributed by atoms with Crippen LogP contribution in [-0.4, -0.2) is 31.6 Å². The van der Waals surface area contributed by atoms with Gasteiger partial charge in [0, 0.05) is 27.4 Å². The maximum absolute atomic E-state index is 6.27. The molecule has 2 unspecified atom stereocenters. The number of hydrogen-bond acceptors (Lipinski definition) is 3. The van der Waals surface area contributed by atoms with Crippen LogP contribution in [0.2, 0.25) is 5.02 Å². The summed E-state index contributed by atoms with van der Waals surface area (Å²) in [7, 11) is 4.31. The van der Waals surface area contributed by atoms with Crippen LogP contribution in [0.25, 0.3) is 0 Å². The third kappa shape index (κ3) is 3.20. The molecule has 1 fully saturated rings. The van der Waals surface area contributed by atoms with E-state index in [1.807, 2.05) is 17.8 Å². The zero-order valence-electron chi connectivity index (χ0n) is 13.2. The van der Waals surface area contributed by atoms with Crippen LogP contribution in [-0.2, 0) is 0 Å². The standard InChI is InChI=1S/C18H19ClN2S.ClH/c1-20(2)11-12-9-15(12)21-14-5-3-4-6-17(14)22-18-8-7-13(19)10-16(18)21;/h3-8,10,12,15H,9,11H2,1-2H3;1H. The summed E-state index contributed by atoms with van der Waals surface area (Å²) < 4.78 is 0. The lowest BCUT2D eigenvalue weighted by Crippen LogP contribution is -2.27. The van der Waals surface area contributed by atoms with E-state index in [1.165, 1.54) is 27.6 Å². The molecule has 2 aliphatic rings. The highest BCUT2D eigenvalue weighted by Crippen LogP contribution is 2.54. The lowest BCUT2D eigenvalue weighted by atomic mass is 10.2. The van der Waals surface area contributed by atoms with Gasteiger partial charge in [-0.2, -0.15) is 0 Å². The number of fused-ring (bicyclic) bond motifs is 2. The van der Waals surface area contributed by atoms with Gasteiger partial charge in [-0.05, 0) is 56.8 Å². The maximum atomic E-state index is 6.27. The number of nitrogens with zero attached hydrogens (tertiary/aromatic N) is 2. The average Bonchev–Trinajstić information content (AvgIpc) is 3.22. The molecule has 0 bridgehead atoms. The van der Waals surface area contributed by atoms with Gasteiger partial charge in [0.1, 0.15) is 0 Å². The predicted molar refractivity (Wildman–Crippen MR) is 102 cm³/mol. The Hall–Kier alpha value is -0.870. The third-order valence-corrected chi connectivity index (χ3v) is 5.71. The number of anilines is 2. The zero-order chi connectivity index (χ0) is 15.3. The van der Waals surface area contributed by atoms with Gasteiger partial charge in [-0.3, -0.25) is 0 Å². The molecule has 0 aromatic heterocycles. The van der Waals surface area contributed by atoms with Gasteiger partial charge in [-0.25, -0.2) is 0 Å². The fourth-order valence-electron chi connectivity index (χ4n) is 3.33. The summed E-state index contributed by atoms with van der Waals surface area (Å²) in [4.78, 5) is 7.45. The Morgan fingerprint density at radius 2 is 1.87 bits per heavy atom. The average molecular weight is 367 g/mol. The van der Waals surface area contributed by atoms with E-state index in [-0.39, 0.29) is 12.4 Å². The van der Waals surface area contributed by atoms with E-state index in [0.29, 0.717) is 6.04 Å². The second-order valence-electron chi connectivity index (χ2n) is 6.38. The van der Waals surface area contributed by atoms with Crippen molar-refractivity contribution in [2.24, 2.45) is 5.92 Å². The van der Waals surface area contributed by atoms with E-state index < -0.39 is 0 Å². The van der Waals surface area contributed by atoms with Crippen molar-refractivity contribution in [2.75, 3.05) is 25.5 Å². The van der Waals surface area contributed by atoms with Crippen molar-refractivity contribution >= 4 is 47.1 Å². The van der Waals surface area contributed by atoms with Crippen molar-refractivity contribution < 1.29 is 0 Å². The van der Waals surface area contributed by atoms with Gasteiger partial charge in [0.15, 0.2) is 0 Å². The molecule has 0 N–H and O–H groups in total. The van der Waals surface area contributed by atoms with Crippen molar-refractivity contribution in [3.63, 3.8) is 0 Å². The van der Waals surface area contributed by atoms with Crippen LogP contribution in [0.4, 0.5) is 11.4 Å². The normalized spacial score (nSPS) is 21.5. The van der Waals surface area contributed by atoms with Crippen LogP contribution in [0.1, 0.15) is 6.42 Å². The monoisotopic (exact) mass is 366 g/mol. The van der Waals surface area contributed by atoms with Gasteiger partial charge in [0.2, 0.25) is 0 Å². The zero-order valence-corrected chi connectivity index (χ0v) is 15.6. The first-order chi connectivity index (χ1) is 10.6. The lowest BCUT2D eigenvalue weighted by Gasteiger charge is -2.33. The molecule has 122 valence electrons. The molecule has 2 aromatic carbocycles. The molecule has 1 aliphatic heterocycles. The number of halogens is 2. The molecule has 23 heavy (non-hydrogen) atoms. The minimum absolute atomic E-state index is 0. The quantitative estimate of drug-likeness (QED) is 0.726. The molecule has 0 amide bonds. The van der Waals surface area contributed by atoms with Gasteiger partial charge in [-0.15, -0.1) is 12.4 Å². The van der Waals surface area contributed by atoms with Crippen LogP contribution >= 0.6 is 35.8 Å². The van der Waals surface area contributed by atoms with Crippen LogP contribution in [0.15, 0.2) is 52.3 Å². The van der Waals surface area contributed by atoms with Gasteiger partial charge in [-0.1, -0.05) is 35.5 Å². The highest BCUT2D eigenvalue weighted by molar-refractivity contribution is 7.99. The van der Waals surface area contributed by atoms with E-state index in [9.17, 15) is 0 Å². The molecular formula is C18H20Cl2N2S. The minimum Gasteiger partial charge on any atom is -0.336 e. The van der Waals surface area contributed by atoms with Gasteiger partial charge < -0.3 is 9.80 Å². The van der Waals surface area contributed by atoms with Crippen LogP contribution in [0.5, 0.6) is 0 Å². The molecular weight excluding hydrogens is 347 g/mol. The lowest BCUT2D eigenvalue weighted by molar-refractivity contribution is 0.385. The SMILES string of the molecule is CN(C)CC1CC1N1c2ccccc2Sc2ccc(Cl)cc21.Cl. The largest absolute Gasteiger partial charge is 0.336 e. The second-order valence-corrected chi connectivity index (χ2v) is 7.90. The van der Waals surface area contributed by atoms with Gasteiger partial charge in [0.25, 0.3) is 0 Å². The summed E-state index contributed by atoms with van der Waals surface area (Å²) in [5.74, 6) is 0.734. The van der Waals surface area contributed by atoms with E-state index in [2.05, 4.69) is 60.3 Å². The first-order valence-electron chi connectivity index (χ1n) is 7.64. The molecule has 2 nitrogen and oxygen atoms in total. The number of para-hydroxylation sites is 1. The summed E-state index contributed by atoms with van der Waals surface area (Å²) in [5.41, 5.74) is 2.59. The minimum atomic E-state index is 0. The molecule has 5 heteroatoms. The highest BCUT2D eigenvalue weighted by atomic mass is 35.5. The fraction of sp³-hybridized carbons (Fsp3) is 0.333. The molecule has 2 atom stereocenters. The van der Waals surface area contributed by atoms with E-state index in [0.717, 1.165) is 17.5 Å². The predicted octanol–water partition coefficient (Wildman–Crippen LogP) is 5.31. The molecule has 2 aromatic rings. The van der Waals surface area contributed by atoms with Gasteiger partial charge in [0.05, 0.1) is 11.4 Å². The smallest absolute Gasteiger partial charge is 0.0570 e. The summed E-state index contributed by atoms with van der Waals surface area (Å²) in [5, 5.41) is 0.813. The molecule has 0 saturated heterocycles. The molecule has 0 spiro atoms. The maximum Gasteiger partial charge on any atom is 0.0570 e. The van der Waals surface area contributed by atoms with Crippen molar-refractivity contribution in [3.05, 3.63) is 47.5 Å². The molecule has 4 rings (SSSR count). The van der Waals surface area contributed by atoms with Crippen LogP contribution < -0.4 is 4.90 Å². The number of hydrogen-bond donors (Lipinski definition) is 0. The van der Waals surface area contributed by atoms with Crippen molar-refractivity contribution in [2.45, 2.75) is 22.3 Å². The van der Waals surface area contributed by atoms with Gasteiger partial charge >= 0.3 is 0 Å². The highest BCUT2D eigenvalue weighted by Gasteiger charge is 2.44. The van der Waals surface area contributed by atoms with E-state index >= 15 is 0 Å². The van der Waals surface area contributed by atoms with Crippen molar-refractivity contribution in [3.8, 4) is 0 Å². The summed E-state index contributed by atoms with van der Waals surface area (Å²) in [6.45, 7) is 1.15. The Kier molecular flexibility index (Phi) is 4.84. The number of rotatable bonds is 3. The molecule has 1 heterocycles. The van der Waals surface area contributed by atoms with Crippen molar-refractivity contribution in [1.82, 2.24) is 4.90 Å². The van der Waals surface area contributed by atoms with Crippen molar-refractivity contribution in [1.29, 1.82) is 0 Å². The summed E-state index contributed by atoms with van der Waals surface area (Å²) >= 11 is 8.12. The fourth-order valence-corrected chi connectivity index (χ4v) is 4.54. The Balaban J connectivity index is 0.00000156. The molecule has 0 radical (unpaired) electrons. The molecule has 1 aliphatic carbocycles. The first kappa shape index (κ1) is 17.0. The van der Waals surface area contributed by atoms with Crippen LogP contribution in [0.3, 0.4) is 0 Å². The Morgan fingerprint density at radius 1 is 1.13 bits per heavy atom. The van der Waals surface area contributed by atoms with Crippen LogP contribution in [0, 0.1) is 5.92 Å². The van der Waals surface area contributed by atoms with E-state index in [4.69, 9.17) is 11.6 Å². The second kappa shape index (κ2) is 6.56. The molecule has 1 saturated carbocycles. The topological polar surface area (TPSA) is 6.48 Å². The summed E-state index contributed by atoms with van der Waals surface area (Å²) in [6, 6.07) is 15.5. The Morgan fingerprint density at radius 3 is 2.65 bits per heavy atom. The summed E-state index contributed by atoms with van der Waals surface area (Å²) in [6.07, 6.45) is 1.25. The first-order valence-corrected chi connectivity index (χ1v) is 8.83.